The second-order valence-electron chi connectivity index (χ2n) is 14.8. The molecule has 6 rings (SSSR count). The van der Waals surface area contributed by atoms with Gasteiger partial charge in [0, 0.05) is 24.2 Å². The van der Waals surface area contributed by atoms with E-state index in [9.17, 15) is 19.2 Å². The first-order valence-electron chi connectivity index (χ1n) is 19.2. The van der Waals surface area contributed by atoms with Crippen molar-refractivity contribution in [2.45, 2.75) is 64.7 Å². The van der Waals surface area contributed by atoms with Gasteiger partial charge in [-0.05, 0) is 60.1 Å². The molecular formula is C42H50N8O7. The van der Waals surface area contributed by atoms with E-state index >= 15 is 0 Å². The summed E-state index contributed by atoms with van der Waals surface area (Å²) in [5.74, 6) is 7.14. The number of morpholine rings is 1. The van der Waals surface area contributed by atoms with Gasteiger partial charge >= 0.3 is 12.2 Å². The smallest absolute Gasteiger partial charge is 0.407 e. The van der Waals surface area contributed by atoms with Crippen LogP contribution in [-0.2, 0) is 23.8 Å². The monoisotopic (exact) mass is 778 g/mol. The van der Waals surface area contributed by atoms with E-state index < -0.39 is 30.3 Å². The van der Waals surface area contributed by atoms with Crippen LogP contribution in [0.2, 0.25) is 0 Å². The van der Waals surface area contributed by atoms with Crippen molar-refractivity contribution in [1.29, 1.82) is 0 Å². The lowest BCUT2D eigenvalue weighted by Crippen LogP contribution is -2.54. The molecule has 4 atom stereocenters. The number of rotatable bonds is 10. The molecule has 2 fully saturated rings. The number of aromatic amines is 2. The molecule has 57 heavy (non-hydrogen) atoms. The summed E-state index contributed by atoms with van der Waals surface area (Å²) in [5, 5.41) is 5.35. The largest absolute Gasteiger partial charge is 0.453 e. The third-order valence-corrected chi connectivity index (χ3v) is 10.3. The van der Waals surface area contributed by atoms with Crippen molar-refractivity contribution in [2.24, 2.45) is 11.8 Å². The minimum Gasteiger partial charge on any atom is -0.453 e. The number of ether oxygens (including phenoxy) is 3. The van der Waals surface area contributed by atoms with Crippen molar-refractivity contribution in [3.05, 3.63) is 83.7 Å². The molecule has 2 aromatic heterocycles. The summed E-state index contributed by atoms with van der Waals surface area (Å²) in [4.78, 5) is 70.5. The number of alkyl carbamates (subject to hydrolysis) is 2. The van der Waals surface area contributed by atoms with E-state index in [0.29, 0.717) is 31.3 Å². The van der Waals surface area contributed by atoms with E-state index in [-0.39, 0.29) is 36.3 Å². The highest BCUT2D eigenvalue weighted by Crippen LogP contribution is 2.33. The average Bonchev–Trinajstić information content (AvgIpc) is 4.03. The van der Waals surface area contributed by atoms with E-state index in [1.165, 1.54) is 14.2 Å². The van der Waals surface area contributed by atoms with Crippen LogP contribution in [0, 0.1) is 23.7 Å². The highest BCUT2D eigenvalue weighted by molar-refractivity contribution is 5.87. The maximum Gasteiger partial charge on any atom is 0.407 e. The van der Waals surface area contributed by atoms with Gasteiger partial charge in [-0.15, -0.1) is 0 Å². The number of hydrogen-bond acceptors (Lipinski definition) is 9. The van der Waals surface area contributed by atoms with Gasteiger partial charge in [-0.1, -0.05) is 63.8 Å². The number of methoxy groups -OCH3 is 2. The fraction of sp³-hybridized carbons (Fsp3) is 0.429. The van der Waals surface area contributed by atoms with Crippen LogP contribution in [0.15, 0.2) is 60.9 Å². The number of nitrogens with zero attached hydrogens (tertiary/aromatic N) is 4. The number of benzene rings is 2. The van der Waals surface area contributed by atoms with Crippen LogP contribution in [-0.4, -0.2) is 106 Å². The molecule has 4 heterocycles. The van der Waals surface area contributed by atoms with Gasteiger partial charge in [0.1, 0.15) is 29.8 Å². The van der Waals surface area contributed by atoms with Crippen molar-refractivity contribution >= 4 is 24.0 Å². The van der Waals surface area contributed by atoms with E-state index in [4.69, 9.17) is 14.2 Å². The topological polar surface area (TPSA) is 184 Å². The van der Waals surface area contributed by atoms with Gasteiger partial charge in [-0.25, -0.2) is 19.6 Å². The number of aromatic nitrogens is 4. The molecule has 0 spiro atoms. The highest BCUT2D eigenvalue weighted by Gasteiger charge is 2.38. The van der Waals surface area contributed by atoms with Crippen LogP contribution >= 0.6 is 0 Å². The van der Waals surface area contributed by atoms with E-state index in [1.54, 1.807) is 22.2 Å². The third-order valence-electron chi connectivity index (χ3n) is 10.3. The Morgan fingerprint density at radius 3 is 1.63 bits per heavy atom. The quantitative estimate of drug-likeness (QED) is 0.157. The first-order valence-corrected chi connectivity index (χ1v) is 19.2. The van der Waals surface area contributed by atoms with Gasteiger partial charge in [0.05, 0.1) is 57.3 Å². The van der Waals surface area contributed by atoms with Crippen molar-refractivity contribution < 1.29 is 33.4 Å². The van der Waals surface area contributed by atoms with Crippen molar-refractivity contribution in [3.63, 3.8) is 0 Å². The molecule has 2 aromatic carbocycles. The lowest BCUT2D eigenvalue weighted by molar-refractivity contribution is -0.143. The Balaban J connectivity index is 1.08. The lowest BCUT2D eigenvalue weighted by Gasteiger charge is -2.37. The van der Waals surface area contributed by atoms with E-state index in [0.717, 1.165) is 46.5 Å². The molecule has 0 radical (unpaired) electrons. The van der Waals surface area contributed by atoms with Crippen LogP contribution < -0.4 is 10.6 Å². The minimum absolute atomic E-state index is 0.110. The molecule has 0 bridgehead atoms. The molecule has 15 nitrogen and oxygen atoms in total. The normalized spacial score (nSPS) is 17.8. The Hall–Kier alpha value is -6.14. The zero-order valence-corrected chi connectivity index (χ0v) is 33.1. The number of carbonyl (C=O) groups excluding carboxylic acids is 4. The Labute approximate surface area is 332 Å². The summed E-state index contributed by atoms with van der Waals surface area (Å²) >= 11 is 0. The zero-order chi connectivity index (χ0) is 40.6. The predicted octanol–water partition coefficient (Wildman–Crippen LogP) is 5.19. The maximum atomic E-state index is 13.6. The molecule has 4 N–H and O–H groups in total. The number of imidazole rings is 2. The van der Waals surface area contributed by atoms with E-state index in [1.807, 2.05) is 76.2 Å². The first-order chi connectivity index (χ1) is 27.5. The van der Waals surface area contributed by atoms with Crippen LogP contribution in [0.4, 0.5) is 9.59 Å². The van der Waals surface area contributed by atoms with E-state index in [2.05, 4.69) is 42.4 Å². The molecule has 2 aliphatic heterocycles. The SMILES string of the molecule is COC(=O)NC(C(=O)N1CCCC1c1ncc(-c2ccc(C#Cc3ccc(-c4cnc(C5COCCN5C(=O)C(NC(=O)OC)C(C)C)[nH]4)cc3)cc2)[nH]1)C(C)C. The Kier molecular flexibility index (Phi) is 12.9. The fourth-order valence-corrected chi connectivity index (χ4v) is 7.08. The minimum atomic E-state index is -0.750. The number of amides is 4. The van der Waals surface area contributed by atoms with Gasteiger partial charge in [-0.3, -0.25) is 9.59 Å². The van der Waals surface area contributed by atoms with Gasteiger partial charge in [0.2, 0.25) is 11.8 Å². The summed E-state index contributed by atoms with van der Waals surface area (Å²) < 4.78 is 15.2. The standard InChI is InChI=1S/C42H50N8O7/c1-25(2)35(47-41(53)55-5)39(51)49-19-7-8-33(49)37-43-22-31(45-37)29-15-11-27(12-16-29)9-10-28-13-17-30(18-14-28)32-23-44-38(46-32)34-24-57-21-20-50(34)40(52)36(26(3)4)48-42(54)56-6/h11-18,22-23,25-26,33-36H,7-8,19-21,24H2,1-6H3,(H,43,45)(H,44,46)(H,47,53)(H,48,54). The van der Waals surface area contributed by atoms with Gasteiger partial charge < -0.3 is 44.6 Å². The molecule has 0 aliphatic carbocycles. The third kappa shape index (κ3) is 9.46. The molecule has 4 amide bonds. The van der Waals surface area contributed by atoms with Crippen molar-refractivity contribution in [2.75, 3.05) is 40.5 Å². The summed E-state index contributed by atoms with van der Waals surface area (Å²) in [6, 6.07) is 13.6. The number of hydrogen-bond donors (Lipinski definition) is 4. The van der Waals surface area contributed by atoms with Crippen LogP contribution in [0.5, 0.6) is 0 Å². The summed E-state index contributed by atoms with van der Waals surface area (Å²) in [6.45, 7) is 9.15. The summed E-state index contributed by atoms with van der Waals surface area (Å²) in [6.07, 6.45) is 3.84. The molecule has 2 aliphatic rings. The van der Waals surface area contributed by atoms with Crippen molar-refractivity contribution in [3.8, 4) is 34.4 Å². The van der Waals surface area contributed by atoms with Gasteiger partial charge in [0.25, 0.3) is 0 Å². The number of carbonyl (C=O) groups is 4. The predicted molar refractivity (Wildman–Crippen MR) is 211 cm³/mol. The van der Waals surface area contributed by atoms with Crippen molar-refractivity contribution in [1.82, 2.24) is 40.4 Å². The molecule has 2 saturated heterocycles. The highest BCUT2D eigenvalue weighted by atomic mass is 16.5. The second kappa shape index (κ2) is 18.2. The summed E-state index contributed by atoms with van der Waals surface area (Å²) in [7, 11) is 2.55. The number of nitrogens with one attached hydrogen (secondary N) is 4. The fourth-order valence-electron chi connectivity index (χ4n) is 7.08. The Bertz CT molecular complexity index is 2100. The molecule has 4 unspecified atom stereocenters. The maximum absolute atomic E-state index is 13.6. The molecule has 300 valence electrons. The molecule has 0 saturated carbocycles. The molecule has 15 heteroatoms. The van der Waals surface area contributed by atoms with Crippen LogP contribution in [0.3, 0.4) is 0 Å². The second-order valence-corrected chi connectivity index (χ2v) is 14.8. The molecule has 4 aromatic rings. The Morgan fingerprint density at radius 1 is 0.719 bits per heavy atom. The molecular weight excluding hydrogens is 729 g/mol. The average molecular weight is 779 g/mol. The zero-order valence-electron chi connectivity index (χ0n) is 33.1. The van der Waals surface area contributed by atoms with Crippen LogP contribution in [0.25, 0.3) is 22.5 Å². The first kappa shape index (κ1) is 40.5. The summed E-state index contributed by atoms with van der Waals surface area (Å²) in [5.41, 5.74) is 5.16. The number of H-pyrrole nitrogens is 2. The lowest BCUT2D eigenvalue weighted by atomic mass is 10.0. The number of likely N-dealkylation sites (tertiary alicyclic amines) is 1. The van der Waals surface area contributed by atoms with Gasteiger partial charge in [-0.2, -0.15) is 0 Å². The van der Waals surface area contributed by atoms with Crippen LogP contribution in [0.1, 0.15) is 75.4 Å². The van der Waals surface area contributed by atoms with Gasteiger partial charge in [0.15, 0.2) is 0 Å². The Morgan fingerprint density at radius 2 is 1.18 bits per heavy atom.